The van der Waals surface area contributed by atoms with Gasteiger partial charge in [-0.1, -0.05) is 111 Å². The highest BCUT2D eigenvalue weighted by Gasteiger charge is 2.45. The summed E-state index contributed by atoms with van der Waals surface area (Å²) in [6.07, 6.45) is 4.25. The maximum absolute atomic E-state index is 4.00. The molecule has 3 aromatic carbocycles. The van der Waals surface area contributed by atoms with Crippen LogP contribution >= 0.6 is 31.9 Å². The van der Waals surface area contributed by atoms with E-state index in [1.165, 1.54) is 33.4 Å². The van der Waals surface area contributed by atoms with Crippen LogP contribution in [-0.4, -0.2) is 0 Å². The van der Waals surface area contributed by atoms with Gasteiger partial charge in [0.2, 0.25) is 0 Å². The molecule has 0 bridgehead atoms. The highest BCUT2D eigenvalue weighted by atomic mass is 79.9. The smallest absolute Gasteiger partial charge is 0.0710 e. The second kappa shape index (κ2) is 7.69. The highest BCUT2D eigenvalue weighted by Crippen LogP contribution is 2.55. The Hall–Kier alpha value is -2.16. The van der Waals surface area contributed by atoms with E-state index in [0.717, 1.165) is 8.96 Å². The molecule has 0 amide bonds. The molecule has 0 aliphatic heterocycles. The molecule has 0 aromatic heterocycles. The third-order valence-electron chi connectivity index (χ3n) is 5.44. The van der Waals surface area contributed by atoms with Gasteiger partial charge in [-0.25, -0.2) is 0 Å². The summed E-state index contributed by atoms with van der Waals surface area (Å²) in [4.78, 5) is 0. The van der Waals surface area contributed by atoms with Crippen LogP contribution in [0.5, 0.6) is 0 Å². The zero-order valence-electron chi connectivity index (χ0n) is 15.6. The van der Waals surface area contributed by atoms with Gasteiger partial charge < -0.3 is 0 Å². The summed E-state index contributed by atoms with van der Waals surface area (Å²) in [6.45, 7) is 6.22. The molecule has 0 spiro atoms. The van der Waals surface area contributed by atoms with E-state index in [0.29, 0.717) is 0 Å². The molecular weight excluding hydrogens is 472 g/mol. The molecule has 0 unspecified atom stereocenters. The van der Waals surface area contributed by atoms with E-state index in [4.69, 9.17) is 0 Å². The predicted molar refractivity (Wildman–Crippen MR) is 127 cm³/mol. The van der Waals surface area contributed by atoms with E-state index in [1.807, 2.05) is 6.08 Å². The van der Waals surface area contributed by atoms with Crippen molar-refractivity contribution in [3.63, 3.8) is 0 Å². The van der Waals surface area contributed by atoms with Crippen LogP contribution in [0.25, 0.3) is 5.57 Å². The predicted octanol–water partition coefficient (Wildman–Crippen LogP) is 8.04. The van der Waals surface area contributed by atoms with Crippen LogP contribution in [0.1, 0.15) is 29.2 Å². The quantitative estimate of drug-likeness (QED) is 0.324. The fraction of sp³-hybridized carbons (Fsp3) is 0.0769. The maximum Gasteiger partial charge on any atom is 0.0710 e. The van der Waals surface area contributed by atoms with Crippen molar-refractivity contribution in [3.8, 4) is 0 Å². The van der Waals surface area contributed by atoms with Crippen molar-refractivity contribution in [2.24, 2.45) is 0 Å². The van der Waals surface area contributed by atoms with Gasteiger partial charge in [0.05, 0.1) is 5.41 Å². The minimum Gasteiger partial charge on any atom is -0.0847 e. The number of benzene rings is 3. The van der Waals surface area contributed by atoms with Crippen molar-refractivity contribution in [2.75, 3.05) is 0 Å². The molecule has 138 valence electrons. The van der Waals surface area contributed by atoms with Crippen molar-refractivity contribution in [2.45, 2.75) is 12.3 Å². The SMILES string of the molecule is C=C(Br)/C=C\C1=C(C)c2cc(Br)ccc2C1(c1ccccc1)c1ccccc1. The van der Waals surface area contributed by atoms with Gasteiger partial charge >= 0.3 is 0 Å². The molecule has 1 aliphatic rings. The first-order valence-electron chi connectivity index (χ1n) is 9.20. The Morgan fingerprint density at radius 2 is 1.46 bits per heavy atom. The molecule has 2 heteroatoms. The van der Waals surface area contributed by atoms with Gasteiger partial charge in [-0.05, 0) is 58.5 Å². The standard InChI is InChI=1S/C26H20Br2/c1-18(27)13-15-24-19(2)23-17-22(28)14-16-25(23)26(24,20-9-5-3-6-10-20)21-11-7-4-8-12-21/h3-17H,1H2,2H3/b15-13-. The van der Waals surface area contributed by atoms with Crippen molar-refractivity contribution >= 4 is 37.4 Å². The van der Waals surface area contributed by atoms with Crippen LogP contribution in [0.2, 0.25) is 0 Å². The lowest BCUT2D eigenvalue weighted by Crippen LogP contribution is -2.29. The summed E-state index contributed by atoms with van der Waals surface area (Å²) in [6, 6.07) is 28.2. The molecule has 0 fully saturated rings. The Bertz CT molecular complexity index is 1050. The van der Waals surface area contributed by atoms with E-state index >= 15 is 0 Å². The zero-order valence-corrected chi connectivity index (χ0v) is 18.8. The van der Waals surface area contributed by atoms with Gasteiger partial charge in [-0.15, -0.1) is 0 Å². The topological polar surface area (TPSA) is 0 Å². The molecule has 3 aromatic rings. The summed E-state index contributed by atoms with van der Waals surface area (Å²) in [5, 5.41) is 0. The Kier molecular flexibility index (Phi) is 5.27. The minimum atomic E-state index is -0.360. The first-order valence-corrected chi connectivity index (χ1v) is 10.8. The number of allylic oxidation sites excluding steroid dienone is 5. The number of rotatable bonds is 4. The number of hydrogen-bond acceptors (Lipinski definition) is 0. The van der Waals surface area contributed by atoms with Gasteiger partial charge in [0, 0.05) is 8.96 Å². The Morgan fingerprint density at radius 3 is 2.00 bits per heavy atom. The Balaban J connectivity index is 2.15. The van der Waals surface area contributed by atoms with Crippen molar-refractivity contribution < 1.29 is 0 Å². The van der Waals surface area contributed by atoms with E-state index in [-0.39, 0.29) is 5.41 Å². The van der Waals surface area contributed by atoms with Crippen LogP contribution < -0.4 is 0 Å². The molecule has 0 radical (unpaired) electrons. The molecule has 1 aliphatic carbocycles. The Morgan fingerprint density at radius 1 is 0.893 bits per heavy atom. The Labute approximate surface area is 183 Å². The molecule has 0 atom stereocenters. The lowest BCUT2D eigenvalue weighted by Gasteiger charge is -2.35. The molecule has 0 saturated heterocycles. The summed E-state index contributed by atoms with van der Waals surface area (Å²) >= 11 is 7.15. The zero-order chi connectivity index (χ0) is 19.7. The lowest BCUT2D eigenvalue weighted by atomic mass is 9.67. The largest absolute Gasteiger partial charge is 0.0847 e. The van der Waals surface area contributed by atoms with Crippen LogP contribution in [0.3, 0.4) is 0 Å². The fourth-order valence-electron chi connectivity index (χ4n) is 4.31. The minimum absolute atomic E-state index is 0.360. The molecule has 0 N–H and O–H groups in total. The van der Waals surface area contributed by atoms with Crippen molar-refractivity contribution in [1.82, 2.24) is 0 Å². The van der Waals surface area contributed by atoms with Gasteiger partial charge in [0.25, 0.3) is 0 Å². The molecular formula is C26H20Br2. The van der Waals surface area contributed by atoms with Crippen molar-refractivity contribution in [3.05, 3.63) is 134 Å². The van der Waals surface area contributed by atoms with Gasteiger partial charge in [-0.3, -0.25) is 0 Å². The normalized spacial score (nSPS) is 15.1. The number of hydrogen-bond donors (Lipinski definition) is 0. The first-order chi connectivity index (χ1) is 13.5. The maximum atomic E-state index is 4.00. The third-order valence-corrected chi connectivity index (χ3v) is 6.20. The van der Waals surface area contributed by atoms with E-state index < -0.39 is 0 Å². The summed E-state index contributed by atoms with van der Waals surface area (Å²) in [5.74, 6) is 0. The van der Waals surface area contributed by atoms with Gasteiger partial charge in [-0.2, -0.15) is 0 Å². The summed E-state index contributed by atoms with van der Waals surface area (Å²) in [5.41, 5.74) is 7.32. The highest BCUT2D eigenvalue weighted by molar-refractivity contribution is 9.11. The monoisotopic (exact) mass is 490 g/mol. The molecule has 0 heterocycles. The van der Waals surface area contributed by atoms with Gasteiger partial charge in [0.1, 0.15) is 0 Å². The molecule has 4 rings (SSSR count). The number of halogens is 2. The van der Waals surface area contributed by atoms with E-state index in [1.54, 1.807) is 0 Å². The van der Waals surface area contributed by atoms with Crippen LogP contribution in [-0.2, 0) is 5.41 Å². The van der Waals surface area contributed by atoms with Crippen LogP contribution in [0.15, 0.2) is 112 Å². The second-order valence-electron chi connectivity index (χ2n) is 6.99. The average Bonchev–Trinajstić information content (AvgIpc) is 2.96. The van der Waals surface area contributed by atoms with E-state index in [9.17, 15) is 0 Å². The summed E-state index contributed by atoms with van der Waals surface area (Å²) < 4.78 is 1.95. The summed E-state index contributed by atoms with van der Waals surface area (Å²) in [7, 11) is 0. The lowest BCUT2D eigenvalue weighted by molar-refractivity contribution is 0.761. The first kappa shape index (κ1) is 19.2. The second-order valence-corrected chi connectivity index (χ2v) is 8.93. The van der Waals surface area contributed by atoms with Gasteiger partial charge in [0.15, 0.2) is 0 Å². The fourth-order valence-corrected chi connectivity index (χ4v) is 4.81. The molecule has 0 saturated carbocycles. The molecule has 0 nitrogen and oxygen atoms in total. The third kappa shape index (κ3) is 3.05. The molecule has 28 heavy (non-hydrogen) atoms. The van der Waals surface area contributed by atoms with Crippen LogP contribution in [0, 0.1) is 0 Å². The van der Waals surface area contributed by atoms with E-state index in [2.05, 4.69) is 130 Å². The van der Waals surface area contributed by atoms with Crippen molar-refractivity contribution in [1.29, 1.82) is 0 Å². The average molecular weight is 492 g/mol. The number of fused-ring (bicyclic) bond motifs is 1. The van der Waals surface area contributed by atoms with Crippen LogP contribution in [0.4, 0.5) is 0 Å².